The molecular weight excluding hydrogens is 204 g/mol. The average Bonchev–Trinajstić information content (AvgIpc) is 2.36. The number of hydrogen-bond donors (Lipinski definition) is 0. The van der Waals surface area contributed by atoms with Gasteiger partial charge in [0.25, 0.3) is 0 Å². The van der Waals surface area contributed by atoms with Crippen LogP contribution in [-0.4, -0.2) is 0 Å². The molecule has 0 saturated carbocycles. The van der Waals surface area contributed by atoms with E-state index < -0.39 is 0 Å². The van der Waals surface area contributed by atoms with Crippen molar-refractivity contribution in [3.8, 4) is 0 Å². The SMILES string of the molecule is C=C/C=C(\C=C)c1cccc2c(C)cccc12. The van der Waals surface area contributed by atoms with E-state index in [1.807, 2.05) is 12.2 Å². The number of aryl methyl sites for hydroxylation is 1. The second kappa shape index (κ2) is 4.84. The van der Waals surface area contributed by atoms with Crippen molar-refractivity contribution in [2.24, 2.45) is 0 Å². The van der Waals surface area contributed by atoms with Crippen molar-refractivity contribution in [3.05, 3.63) is 78.9 Å². The molecule has 0 radical (unpaired) electrons. The first-order valence-electron chi connectivity index (χ1n) is 5.72. The van der Waals surface area contributed by atoms with E-state index in [2.05, 4.69) is 56.5 Å². The average molecular weight is 220 g/mol. The summed E-state index contributed by atoms with van der Waals surface area (Å²) in [5.74, 6) is 0. The smallest absolute Gasteiger partial charge is 0.0103 e. The lowest BCUT2D eigenvalue weighted by molar-refractivity contribution is 1.52. The molecule has 0 saturated heterocycles. The highest BCUT2D eigenvalue weighted by atomic mass is 14.1. The van der Waals surface area contributed by atoms with E-state index in [-0.39, 0.29) is 0 Å². The number of allylic oxidation sites excluding steroid dienone is 4. The van der Waals surface area contributed by atoms with Crippen LogP contribution in [0.3, 0.4) is 0 Å². The number of rotatable bonds is 3. The van der Waals surface area contributed by atoms with Crippen molar-refractivity contribution in [1.29, 1.82) is 0 Å². The first kappa shape index (κ1) is 11.4. The van der Waals surface area contributed by atoms with Crippen LogP contribution in [0.4, 0.5) is 0 Å². The summed E-state index contributed by atoms with van der Waals surface area (Å²) in [6.07, 6.45) is 5.66. The number of fused-ring (bicyclic) bond motifs is 1. The van der Waals surface area contributed by atoms with E-state index in [0.717, 1.165) is 5.57 Å². The maximum absolute atomic E-state index is 3.87. The fraction of sp³-hybridized carbons (Fsp3) is 0.0588. The largest absolute Gasteiger partial charge is 0.0990 e. The van der Waals surface area contributed by atoms with Crippen molar-refractivity contribution < 1.29 is 0 Å². The summed E-state index contributed by atoms with van der Waals surface area (Å²) in [5.41, 5.74) is 3.61. The fourth-order valence-corrected chi connectivity index (χ4v) is 2.11. The standard InChI is InChI=1S/C17H16/c1-4-8-14(5-2)16-11-7-10-15-13(3)9-6-12-17(15)16/h4-12H,1-2H2,3H3/b14-8+. The molecule has 0 spiro atoms. The van der Waals surface area contributed by atoms with Gasteiger partial charge in [-0.1, -0.05) is 67.8 Å². The highest BCUT2D eigenvalue weighted by Crippen LogP contribution is 2.27. The van der Waals surface area contributed by atoms with Crippen LogP contribution >= 0.6 is 0 Å². The van der Waals surface area contributed by atoms with Gasteiger partial charge >= 0.3 is 0 Å². The molecule has 0 atom stereocenters. The molecule has 0 heteroatoms. The fourth-order valence-electron chi connectivity index (χ4n) is 2.11. The normalized spacial score (nSPS) is 11.5. The highest BCUT2D eigenvalue weighted by Gasteiger charge is 2.04. The molecule has 0 N–H and O–H groups in total. The first-order valence-corrected chi connectivity index (χ1v) is 5.72. The third-order valence-electron chi connectivity index (χ3n) is 2.97. The van der Waals surface area contributed by atoms with Crippen molar-refractivity contribution in [2.75, 3.05) is 0 Å². The van der Waals surface area contributed by atoms with E-state index in [9.17, 15) is 0 Å². The minimum Gasteiger partial charge on any atom is -0.0990 e. The second-order valence-corrected chi connectivity index (χ2v) is 4.04. The number of benzene rings is 2. The summed E-state index contributed by atoms with van der Waals surface area (Å²) >= 11 is 0. The molecule has 0 aliphatic carbocycles. The van der Waals surface area contributed by atoms with Crippen LogP contribution in [0.2, 0.25) is 0 Å². The van der Waals surface area contributed by atoms with Crippen LogP contribution in [0.25, 0.3) is 16.3 Å². The van der Waals surface area contributed by atoms with Crippen LogP contribution in [-0.2, 0) is 0 Å². The van der Waals surface area contributed by atoms with Gasteiger partial charge in [0, 0.05) is 0 Å². The summed E-state index contributed by atoms with van der Waals surface area (Å²) in [6.45, 7) is 9.75. The first-order chi connectivity index (χ1) is 8.27. The summed E-state index contributed by atoms with van der Waals surface area (Å²) in [6, 6.07) is 12.7. The Labute approximate surface area is 103 Å². The summed E-state index contributed by atoms with van der Waals surface area (Å²) in [4.78, 5) is 0. The van der Waals surface area contributed by atoms with Gasteiger partial charge in [0.05, 0.1) is 0 Å². The molecule has 0 heterocycles. The number of hydrogen-bond acceptors (Lipinski definition) is 0. The molecule has 2 rings (SSSR count). The van der Waals surface area contributed by atoms with Crippen molar-refractivity contribution >= 4 is 16.3 Å². The Bertz CT molecular complexity index is 600. The predicted octanol–water partition coefficient (Wildman–Crippen LogP) is 4.90. The molecule has 0 unspecified atom stereocenters. The summed E-state index contributed by atoms with van der Waals surface area (Å²) in [7, 11) is 0. The van der Waals surface area contributed by atoms with Crippen molar-refractivity contribution in [2.45, 2.75) is 6.92 Å². The van der Waals surface area contributed by atoms with Crippen LogP contribution in [0.1, 0.15) is 11.1 Å². The van der Waals surface area contributed by atoms with Gasteiger partial charge in [0.1, 0.15) is 0 Å². The van der Waals surface area contributed by atoms with Crippen molar-refractivity contribution in [1.82, 2.24) is 0 Å². The molecule has 0 nitrogen and oxygen atoms in total. The Hall–Kier alpha value is -2.08. The molecule has 0 aromatic heterocycles. The van der Waals surface area contributed by atoms with Gasteiger partial charge in [0.2, 0.25) is 0 Å². The summed E-state index contributed by atoms with van der Waals surface area (Å²) in [5, 5.41) is 2.56. The lowest BCUT2D eigenvalue weighted by Gasteiger charge is -2.09. The molecule has 0 aliphatic rings. The predicted molar refractivity (Wildman–Crippen MR) is 77.1 cm³/mol. The highest BCUT2D eigenvalue weighted by molar-refractivity contribution is 5.97. The molecule has 0 aliphatic heterocycles. The Morgan fingerprint density at radius 2 is 1.71 bits per heavy atom. The maximum Gasteiger partial charge on any atom is -0.0103 e. The third kappa shape index (κ3) is 2.07. The molecule has 84 valence electrons. The van der Waals surface area contributed by atoms with E-state index >= 15 is 0 Å². The molecule has 0 bridgehead atoms. The van der Waals surface area contributed by atoms with Gasteiger partial charge in [-0.25, -0.2) is 0 Å². The molecule has 17 heavy (non-hydrogen) atoms. The quantitative estimate of drug-likeness (QED) is 0.645. The zero-order valence-electron chi connectivity index (χ0n) is 10.1. The molecule has 0 amide bonds. The van der Waals surface area contributed by atoms with Gasteiger partial charge in [-0.2, -0.15) is 0 Å². The molecular formula is C17H16. The van der Waals surface area contributed by atoms with Gasteiger partial charge < -0.3 is 0 Å². The second-order valence-electron chi connectivity index (χ2n) is 4.04. The minimum atomic E-state index is 1.11. The van der Waals surface area contributed by atoms with Gasteiger partial charge in [-0.15, -0.1) is 0 Å². The molecule has 0 fully saturated rings. The Morgan fingerprint density at radius 1 is 1.00 bits per heavy atom. The molecule has 2 aromatic rings. The zero-order valence-corrected chi connectivity index (χ0v) is 10.1. The van der Waals surface area contributed by atoms with Crippen LogP contribution in [0.5, 0.6) is 0 Å². The van der Waals surface area contributed by atoms with Gasteiger partial charge in [-0.05, 0) is 34.4 Å². The minimum absolute atomic E-state index is 1.11. The van der Waals surface area contributed by atoms with Crippen LogP contribution in [0, 0.1) is 6.92 Å². The van der Waals surface area contributed by atoms with Gasteiger partial charge in [0.15, 0.2) is 0 Å². The molecule has 2 aromatic carbocycles. The Kier molecular flexibility index (Phi) is 3.24. The lowest BCUT2D eigenvalue weighted by atomic mass is 9.96. The zero-order chi connectivity index (χ0) is 12.3. The topological polar surface area (TPSA) is 0 Å². The maximum atomic E-state index is 3.87. The van der Waals surface area contributed by atoms with Gasteiger partial charge in [-0.3, -0.25) is 0 Å². The van der Waals surface area contributed by atoms with Crippen LogP contribution < -0.4 is 0 Å². The van der Waals surface area contributed by atoms with Crippen LogP contribution in [0.15, 0.2) is 67.8 Å². The Morgan fingerprint density at radius 3 is 2.41 bits per heavy atom. The van der Waals surface area contributed by atoms with E-state index in [1.54, 1.807) is 6.08 Å². The Balaban J connectivity index is 2.78. The third-order valence-corrected chi connectivity index (χ3v) is 2.97. The lowest BCUT2D eigenvalue weighted by Crippen LogP contribution is -1.85. The van der Waals surface area contributed by atoms with E-state index in [4.69, 9.17) is 0 Å². The van der Waals surface area contributed by atoms with E-state index in [0.29, 0.717) is 0 Å². The van der Waals surface area contributed by atoms with Crippen molar-refractivity contribution in [3.63, 3.8) is 0 Å². The monoisotopic (exact) mass is 220 g/mol. The summed E-state index contributed by atoms with van der Waals surface area (Å²) < 4.78 is 0. The van der Waals surface area contributed by atoms with E-state index in [1.165, 1.54) is 21.9 Å².